The quantitative estimate of drug-likeness (QED) is 0.508. The zero-order valence-electron chi connectivity index (χ0n) is 17.8. The van der Waals surface area contributed by atoms with Crippen molar-refractivity contribution >= 4 is 27.6 Å². The van der Waals surface area contributed by atoms with E-state index in [2.05, 4.69) is 22.1 Å². The monoisotopic (exact) mass is 427 g/mol. The van der Waals surface area contributed by atoms with E-state index in [9.17, 15) is 9.59 Å². The summed E-state index contributed by atoms with van der Waals surface area (Å²) >= 11 is 0. The minimum Gasteiger partial charge on any atom is -0.376 e. The summed E-state index contributed by atoms with van der Waals surface area (Å²) in [7, 11) is 0. The van der Waals surface area contributed by atoms with E-state index in [0.29, 0.717) is 23.3 Å². The molecule has 1 unspecified atom stereocenters. The molecule has 0 radical (unpaired) electrons. The number of carbonyl (C=O) groups excluding carboxylic acids is 1. The molecule has 4 aromatic rings. The van der Waals surface area contributed by atoms with Crippen molar-refractivity contribution in [3.63, 3.8) is 0 Å². The van der Waals surface area contributed by atoms with E-state index in [0.717, 1.165) is 35.8 Å². The number of hydrogen-bond donors (Lipinski definition) is 1. The second kappa shape index (κ2) is 8.93. The lowest BCUT2D eigenvalue weighted by atomic mass is 10.0. The van der Waals surface area contributed by atoms with Crippen molar-refractivity contribution in [3.8, 4) is 0 Å². The topological polar surface area (TPSA) is 75.3 Å². The fourth-order valence-corrected chi connectivity index (χ4v) is 4.40. The molecule has 1 amide bonds. The Morgan fingerprint density at radius 3 is 2.66 bits per heavy atom. The Labute approximate surface area is 185 Å². The average Bonchev–Trinajstić information content (AvgIpc) is 3.32. The number of fused-ring (bicyclic) bond motifs is 2. The van der Waals surface area contributed by atoms with Crippen LogP contribution in [0.5, 0.6) is 0 Å². The van der Waals surface area contributed by atoms with Gasteiger partial charge in [-0.1, -0.05) is 54.6 Å². The number of ether oxygens (including phenoxy) is 1. The van der Waals surface area contributed by atoms with Crippen molar-refractivity contribution in [2.24, 2.45) is 0 Å². The first kappa shape index (κ1) is 20.4. The second-order valence-corrected chi connectivity index (χ2v) is 8.25. The lowest BCUT2D eigenvalue weighted by Gasteiger charge is -2.25. The highest BCUT2D eigenvalue weighted by atomic mass is 16.5. The van der Waals surface area contributed by atoms with Crippen molar-refractivity contribution in [1.29, 1.82) is 0 Å². The second-order valence-electron chi connectivity index (χ2n) is 8.25. The minimum atomic E-state index is -0.191. The molecule has 6 nitrogen and oxygen atoms in total. The van der Waals surface area contributed by atoms with Gasteiger partial charge >= 0.3 is 0 Å². The first-order valence-corrected chi connectivity index (χ1v) is 11.0. The molecule has 1 N–H and O–H groups in total. The lowest BCUT2D eigenvalue weighted by molar-refractivity contribution is -0.132. The number of aromatic amines is 1. The van der Waals surface area contributed by atoms with Crippen LogP contribution in [0.1, 0.15) is 24.2 Å². The summed E-state index contributed by atoms with van der Waals surface area (Å²) < 4.78 is 5.80. The maximum atomic E-state index is 13.4. The van der Waals surface area contributed by atoms with Gasteiger partial charge in [0.25, 0.3) is 5.56 Å². The molecule has 2 heterocycles. The van der Waals surface area contributed by atoms with Gasteiger partial charge in [0.1, 0.15) is 5.82 Å². The van der Waals surface area contributed by atoms with Crippen LogP contribution in [0.25, 0.3) is 21.7 Å². The molecule has 0 aliphatic carbocycles. The van der Waals surface area contributed by atoms with E-state index < -0.39 is 0 Å². The molecular weight excluding hydrogens is 402 g/mol. The normalized spacial score (nSPS) is 15.9. The number of rotatable bonds is 6. The summed E-state index contributed by atoms with van der Waals surface area (Å²) in [6, 6.07) is 21.4. The Hall–Kier alpha value is -3.51. The SMILES string of the molecule is O=C(Cc1cccc2ccccc12)N(Cc1nc2ccccc2c(=O)[nH]1)CC1CCCO1. The van der Waals surface area contributed by atoms with Crippen molar-refractivity contribution in [3.05, 3.63) is 88.5 Å². The number of para-hydroxylation sites is 1. The van der Waals surface area contributed by atoms with Crippen LogP contribution in [-0.4, -0.2) is 40.0 Å². The number of benzene rings is 3. The third-order valence-corrected chi connectivity index (χ3v) is 6.02. The summed E-state index contributed by atoms with van der Waals surface area (Å²) in [5.41, 5.74) is 1.43. The number of nitrogens with zero attached hydrogens (tertiary/aromatic N) is 2. The van der Waals surface area contributed by atoms with Gasteiger partial charge in [-0.05, 0) is 41.3 Å². The zero-order chi connectivity index (χ0) is 21.9. The summed E-state index contributed by atoms with van der Waals surface area (Å²) in [6.45, 7) is 1.45. The molecule has 1 aliphatic rings. The fraction of sp³-hybridized carbons (Fsp3) is 0.269. The highest BCUT2D eigenvalue weighted by Gasteiger charge is 2.24. The van der Waals surface area contributed by atoms with Crippen LogP contribution in [0.2, 0.25) is 0 Å². The summed E-state index contributed by atoms with van der Waals surface area (Å²) in [4.78, 5) is 35.2. The number of nitrogens with one attached hydrogen (secondary N) is 1. The van der Waals surface area contributed by atoms with Crippen LogP contribution in [-0.2, 0) is 22.5 Å². The number of aromatic nitrogens is 2. The van der Waals surface area contributed by atoms with Crippen molar-refractivity contribution in [2.75, 3.05) is 13.2 Å². The molecule has 3 aromatic carbocycles. The van der Waals surface area contributed by atoms with Crippen molar-refractivity contribution in [1.82, 2.24) is 14.9 Å². The number of amides is 1. The van der Waals surface area contributed by atoms with Gasteiger partial charge in [-0.2, -0.15) is 0 Å². The molecule has 0 saturated carbocycles. The van der Waals surface area contributed by atoms with Gasteiger partial charge in [0.15, 0.2) is 0 Å². The molecule has 1 aliphatic heterocycles. The van der Waals surface area contributed by atoms with Crippen molar-refractivity contribution in [2.45, 2.75) is 31.9 Å². The predicted molar refractivity (Wildman–Crippen MR) is 124 cm³/mol. The fourth-order valence-electron chi connectivity index (χ4n) is 4.40. The predicted octanol–water partition coefficient (Wildman–Crippen LogP) is 3.83. The Kier molecular flexibility index (Phi) is 5.69. The van der Waals surface area contributed by atoms with Crippen LogP contribution >= 0.6 is 0 Å². The van der Waals surface area contributed by atoms with E-state index in [1.54, 1.807) is 11.0 Å². The maximum absolute atomic E-state index is 13.4. The van der Waals surface area contributed by atoms with Gasteiger partial charge in [0.05, 0.1) is 30.0 Å². The summed E-state index contributed by atoms with van der Waals surface area (Å²) in [5, 5.41) is 2.74. The zero-order valence-corrected chi connectivity index (χ0v) is 17.8. The number of hydrogen-bond acceptors (Lipinski definition) is 4. The van der Waals surface area contributed by atoms with E-state index in [1.807, 2.05) is 48.5 Å². The molecule has 0 spiro atoms. The molecular formula is C26H25N3O3. The highest BCUT2D eigenvalue weighted by Crippen LogP contribution is 2.21. The minimum absolute atomic E-state index is 0.00680. The van der Waals surface area contributed by atoms with Crippen LogP contribution in [0.15, 0.2) is 71.5 Å². The Morgan fingerprint density at radius 1 is 1.03 bits per heavy atom. The van der Waals surface area contributed by atoms with Gasteiger partial charge in [0, 0.05) is 13.2 Å². The first-order valence-electron chi connectivity index (χ1n) is 11.0. The van der Waals surface area contributed by atoms with Crippen LogP contribution in [0, 0.1) is 0 Å². The standard InChI is InChI=1S/C26H25N3O3/c30-25(15-19-9-5-8-18-7-1-2-11-21(18)19)29(16-20-10-6-14-32-20)17-24-27-23-13-4-3-12-22(23)26(31)28-24/h1-5,7-9,11-13,20H,6,10,14-17H2,(H,27,28,31). The molecule has 1 fully saturated rings. The smallest absolute Gasteiger partial charge is 0.258 e. The van der Waals surface area contributed by atoms with Gasteiger partial charge < -0.3 is 14.6 Å². The lowest BCUT2D eigenvalue weighted by Crippen LogP contribution is -2.38. The third kappa shape index (κ3) is 4.27. The highest BCUT2D eigenvalue weighted by molar-refractivity contribution is 5.90. The Bertz CT molecular complexity index is 1320. The van der Waals surface area contributed by atoms with Gasteiger partial charge in [-0.3, -0.25) is 9.59 Å². The molecule has 1 aromatic heterocycles. The van der Waals surface area contributed by atoms with Crippen LogP contribution in [0.3, 0.4) is 0 Å². The molecule has 0 bridgehead atoms. The summed E-state index contributed by atoms with van der Waals surface area (Å²) in [5.74, 6) is 0.477. The van der Waals surface area contributed by atoms with Gasteiger partial charge in [-0.15, -0.1) is 0 Å². The Balaban J connectivity index is 1.44. The average molecular weight is 428 g/mol. The van der Waals surface area contributed by atoms with E-state index in [1.165, 1.54) is 0 Å². The number of carbonyl (C=O) groups is 1. The maximum Gasteiger partial charge on any atom is 0.258 e. The van der Waals surface area contributed by atoms with E-state index in [-0.39, 0.29) is 30.5 Å². The first-order chi connectivity index (χ1) is 15.7. The molecule has 162 valence electrons. The van der Waals surface area contributed by atoms with Crippen LogP contribution in [0.4, 0.5) is 0 Å². The van der Waals surface area contributed by atoms with E-state index >= 15 is 0 Å². The molecule has 1 atom stereocenters. The summed E-state index contributed by atoms with van der Waals surface area (Å²) in [6.07, 6.45) is 2.23. The van der Waals surface area contributed by atoms with Gasteiger partial charge in [-0.25, -0.2) is 4.98 Å². The Morgan fingerprint density at radius 2 is 1.81 bits per heavy atom. The molecule has 6 heteroatoms. The molecule has 32 heavy (non-hydrogen) atoms. The third-order valence-electron chi connectivity index (χ3n) is 6.02. The molecule has 1 saturated heterocycles. The number of H-pyrrole nitrogens is 1. The van der Waals surface area contributed by atoms with Crippen LogP contribution < -0.4 is 5.56 Å². The van der Waals surface area contributed by atoms with Gasteiger partial charge in [0.2, 0.25) is 5.91 Å². The molecule has 5 rings (SSSR count). The van der Waals surface area contributed by atoms with Crippen molar-refractivity contribution < 1.29 is 9.53 Å². The van der Waals surface area contributed by atoms with E-state index in [4.69, 9.17) is 4.74 Å². The largest absolute Gasteiger partial charge is 0.376 e.